The van der Waals surface area contributed by atoms with Crippen molar-refractivity contribution >= 4 is 34.5 Å². The molecule has 9 heteroatoms. The number of hydrogen-bond donors (Lipinski definition) is 2. The monoisotopic (exact) mass is 492 g/mol. The predicted octanol–water partition coefficient (Wildman–Crippen LogP) is 4.45. The van der Waals surface area contributed by atoms with Crippen LogP contribution in [0.4, 0.5) is 0 Å². The number of halogens is 1. The van der Waals surface area contributed by atoms with Crippen molar-refractivity contribution in [3.05, 3.63) is 71.2 Å². The van der Waals surface area contributed by atoms with Crippen LogP contribution in [0, 0.1) is 0 Å². The summed E-state index contributed by atoms with van der Waals surface area (Å²) in [5.74, 6) is -0.322. The maximum Gasteiger partial charge on any atom is 0.305 e. The van der Waals surface area contributed by atoms with Crippen molar-refractivity contribution in [3.8, 4) is 22.6 Å². The van der Waals surface area contributed by atoms with E-state index in [1.54, 1.807) is 31.2 Å². The Kier molecular flexibility index (Phi) is 7.62. The van der Waals surface area contributed by atoms with Gasteiger partial charge in [0.2, 0.25) is 5.91 Å². The summed E-state index contributed by atoms with van der Waals surface area (Å²) in [6.45, 7) is 2.19. The number of aromatic nitrogens is 3. The van der Waals surface area contributed by atoms with Gasteiger partial charge in [-0.3, -0.25) is 9.59 Å². The molecule has 0 atom stereocenters. The number of aryl methyl sites for hydroxylation is 1. The van der Waals surface area contributed by atoms with Crippen molar-refractivity contribution in [2.45, 2.75) is 26.2 Å². The van der Waals surface area contributed by atoms with E-state index in [0.29, 0.717) is 53.1 Å². The zero-order valence-corrected chi connectivity index (χ0v) is 20.0. The summed E-state index contributed by atoms with van der Waals surface area (Å²) in [6.07, 6.45) is 1.21. The molecule has 4 rings (SSSR count). The lowest BCUT2D eigenvalue weighted by molar-refractivity contribution is -0.143. The average Bonchev–Trinajstić information content (AvgIpc) is 3.28. The first-order chi connectivity index (χ1) is 16.9. The lowest BCUT2D eigenvalue weighted by atomic mass is 10.0. The molecular weight excluding hydrogens is 468 g/mol. The maximum absolute atomic E-state index is 12.0. The Morgan fingerprint density at radius 2 is 1.83 bits per heavy atom. The van der Waals surface area contributed by atoms with Crippen LogP contribution in [0.25, 0.3) is 27.8 Å². The van der Waals surface area contributed by atoms with Gasteiger partial charge in [0.25, 0.3) is 0 Å². The maximum atomic E-state index is 12.0. The van der Waals surface area contributed by atoms with E-state index in [1.807, 2.05) is 36.4 Å². The van der Waals surface area contributed by atoms with Crippen molar-refractivity contribution in [2.24, 2.45) is 0 Å². The number of carbonyl (C=O) groups excluding carboxylic acids is 2. The van der Waals surface area contributed by atoms with Gasteiger partial charge in [-0.15, -0.1) is 15.0 Å². The number of benzene rings is 3. The largest absolute Gasteiger partial charge is 0.505 e. The van der Waals surface area contributed by atoms with Gasteiger partial charge < -0.3 is 15.2 Å². The van der Waals surface area contributed by atoms with E-state index in [0.717, 1.165) is 11.1 Å². The fraction of sp³-hybridized carbons (Fsp3) is 0.231. The molecule has 0 bridgehead atoms. The molecule has 0 aliphatic rings. The zero-order valence-electron chi connectivity index (χ0n) is 19.2. The Hall–Kier alpha value is -3.91. The van der Waals surface area contributed by atoms with Crippen molar-refractivity contribution < 1.29 is 19.4 Å². The van der Waals surface area contributed by atoms with E-state index in [1.165, 1.54) is 4.80 Å². The molecule has 0 aliphatic carbocycles. The lowest BCUT2D eigenvalue weighted by Crippen LogP contribution is -2.28. The molecule has 0 fully saturated rings. The minimum Gasteiger partial charge on any atom is -0.505 e. The van der Waals surface area contributed by atoms with Gasteiger partial charge in [0, 0.05) is 23.4 Å². The Labute approximate surface area is 207 Å². The number of rotatable bonds is 9. The molecule has 180 valence electrons. The number of amides is 1. The Morgan fingerprint density at radius 1 is 1.06 bits per heavy atom. The minimum absolute atomic E-state index is 0.0646. The van der Waals surface area contributed by atoms with Crippen LogP contribution in [0.3, 0.4) is 0 Å². The summed E-state index contributed by atoms with van der Waals surface area (Å²) in [7, 11) is 0. The van der Waals surface area contributed by atoms with Crippen LogP contribution in [0.2, 0.25) is 5.02 Å². The van der Waals surface area contributed by atoms with Crippen LogP contribution >= 0.6 is 11.6 Å². The molecule has 0 saturated carbocycles. The summed E-state index contributed by atoms with van der Waals surface area (Å²) in [4.78, 5) is 24.5. The number of nitrogens with zero attached hydrogens (tertiary/aromatic N) is 3. The second kappa shape index (κ2) is 11.0. The van der Waals surface area contributed by atoms with E-state index in [9.17, 15) is 14.7 Å². The molecule has 4 aromatic rings. The molecular formula is C26H25ClN4O4. The standard InChI is InChI=1S/C26H25ClN4O4/c1-2-25(33)35-15-14-28-24(32)13-8-17-6-9-18(10-7-17)20-4-3-5-23(26(20)34)31-29-21-12-11-19(27)16-22(21)30-31/h3-7,9-12,16,34H,2,8,13-15H2,1H3,(H,28,32). The third kappa shape index (κ3) is 5.96. The summed E-state index contributed by atoms with van der Waals surface area (Å²) < 4.78 is 4.94. The normalized spacial score (nSPS) is 10.9. The molecule has 0 spiro atoms. The van der Waals surface area contributed by atoms with E-state index >= 15 is 0 Å². The van der Waals surface area contributed by atoms with Gasteiger partial charge in [0.05, 0.1) is 6.54 Å². The third-order valence-electron chi connectivity index (χ3n) is 5.45. The van der Waals surface area contributed by atoms with Gasteiger partial charge >= 0.3 is 5.97 Å². The molecule has 0 aliphatic heterocycles. The number of hydrogen-bond acceptors (Lipinski definition) is 6. The molecule has 0 unspecified atom stereocenters. The van der Waals surface area contributed by atoms with Crippen LogP contribution in [-0.2, 0) is 20.7 Å². The van der Waals surface area contributed by atoms with E-state index < -0.39 is 0 Å². The Balaban J connectivity index is 1.40. The first kappa shape index (κ1) is 24.2. The second-order valence-corrected chi connectivity index (χ2v) is 8.35. The highest BCUT2D eigenvalue weighted by atomic mass is 35.5. The van der Waals surface area contributed by atoms with Crippen LogP contribution < -0.4 is 5.32 Å². The second-order valence-electron chi connectivity index (χ2n) is 7.92. The topological polar surface area (TPSA) is 106 Å². The highest BCUT2D eigenvalue weighted by Gasteiger charge is 2.14. The molecule has 1 heterocycles. The van der Waals surface area contributed by atoms with Crippen LogP contribution in [0.15, 0.2) is 60.7 Å². The number of aromatic hydroxyl groups is 1. The molecule has 1 amide bonds. The van der Waals surface area contributed by atoms with Crippen LogP contribution in [0.1, 0.15) is 25.3 Å². The zero-order chi connectivity index (χ0) is 24.8. The number of nitrogens with one attached hydrogen (secondary N) is 1. The van der Waals surface area contributed by atoms with Gasteiger partial charge in [0.15, 0.2) is 5.75 Å². The lowest BCUT2D eigenvalue weighted by Gasteiger charge is -2.10. The Bertz CT molecular complexity index is 1350. The molecule has 1 aromatic heterocycles. The molecule has 0 saturated heterocycles. The van der Waals surface area contributed by atoms with Crippen molar-refractivity contribution in [1.82, 2.24) is 20.3 Å². The van der Waals surface area contributed by atoms with Crippen molar-refractivity contribution in [3.63, 3.8) is 0 Å². The smallest absolute Gasteiger partial charge is 0.305 e. The van der Waals surface area contributed by atoms with E-state index in [2.05, 4.69) is 15.5 Å². The number of esters is 1. The fourth-order valence-corrected chi connectivity index (χ4v) is 3.74. The van der Waals surface area contributed by atoms with Gasteiger partial charge in [-0.05, 0) is 41.8 Å². The van der Waals surface area contributed by atoms with Crippen LogP contribution in [-0.4, -0.2) is 45.1 Å². The SMILES string of the molecule is CCC(=O)OCCNC(=O)CCc1ccc(-c2cccc(-n3nc4ccc(Cl)cc4n3)c2O)cc1. The predicted molar refractivity (Wildman–Crippen MR) is 134 cm³/mol. The summed E-state index contributed by atoms with van der Waals surface area (Å²) in [5.41, 5.74) is 4.24. The number of phenols is 1. The van der Waals surface area contributed by atoms with Gasteiger partial charge in [-0.2, -0.15) is 0 Å². The Morgan fingerprint density at radius 3 is 2.60 bits per heavy atom. The summed E-state index contributed by atoms with van der Waals surface area (Å²) in [6, 6.07) is 18.3. The number of carbonyl (C=O) groups is 2. The minimum atomic E-state index is -0.282. The number of para-hydroxylation sites is 1. The highest BCUT2D eigenvalue weighted by molar-refractivity contribution is 6.31. The molecule has 8 nitrogen and oxygen atoms in total. The van der Waals surface area contributed by atoms with Gasteiger partial charge in [-0.1, -0.05) is 54.9 Å². The molecule has 3 aromatic carbocycles. The molecule has 0 radical (unpaired) electrons. The van der Waals surface area contributed by atoms with Gasteiger partial charge in [-0.25, -0.2) is 0 Å². The third-order valence-corrected chi connectivity index (χ3v) is 5.69. The van der Waals surface area contributed by atoms with Gasteiger partial charge in [0.1, 0.15) is 23.3 Å². The van der Waals surface area contributed by atoms with E-state index in [4.69, 9.17) is 16.3 Å². The van der Waals surface area contributed by atoms with Crippen molar-refractivity contribution in [1.29, 1.82) is 0 Å². The number of ether oxygens (including phenoxy) is 1. The summed E-state index contributed by atoms with van der Waals surface area (Å²) in [5, 5.41) is 23.1. The quantitative estimate of drug-likeness (QED) is 0.264. The molecule has 35 heavy (non-hydrogen) atoms. The van der Waals surface area contributed by atoms with Crippen LogP contribution in [0.5, 0.6) is 5.75 Å². The van der Waals surface area contributed by atoms with Crippen molar-refractivity contribution in [2.75, 3.05) is 13.2 Å². The number of fused-ring (bicyclic) bond motifs is 1. The van der Waals surface area contributed by atoms with E-state index in [-0.39, 0.29) is 24.2 Å². The first-order valence-corrected chi connectivity index (χ1v) is 11.7. The molecule has 2 N–H and O–H groups in total. The summed E-state index contributed by atoms with van der Waals surface area (Å²) >= 11 is 6.04. The average molecular weight is 493 g/mol. The fourth-order valence-electron chi connectivity index (χ4n) is 3.58. The highest BCUT2D eigenvalue weighted by Crippen LogP contribution is 2.34. The number of phenolic OH excluding ortho intramolecular Hbond substituents is 1. The first-order valence-electron chi connectivity index (χ1n) is 11.3.